The first-order valence-corrected chi connectivity index (χ1v) is 9.76. The van der Waals surface area contributed by atoms with E-state index in [1.807, 2.05) is 30.3 Å². The maximum Gasteiger partial charge on any atom is 0.337 e. The molecule has 0 radical (unpaired) electrons. The van der Waals surface area contributed by atoms with Gasteiger partial charge >= 0.3 is 11.9 Å². The van der Waals surface area contributed by atoms with Gasteiger partial charge in [-0.3, -0.25) is 4.79 Å². The summed E-state index contributed by atoms with van der Waals surface area (Å²) in [5.74, 6) is -1.64. The van der Waals surface area contributed by atoms with Crippen molar-refractivity contribution in [3.8, 4) is 0 Å². The molecule has 0 saturated heterocycles. The molecule has 8 heteroatoms. The van der Waals surface area contributed by atoms with Crippen molar-refractivity contribution in [3.63, 3.8) is 0 Å². The van der Waals surface area contributed by atoms with Crippen molar-refractivity contribution in [2.24, 2.45) is 0 Å². The normalized spacial score (nSPS) is 12.3. The number of ether oxygens (including phenoxy) is 1. The number of rotatable bonds is 9. The molecule has 0 amide bonds. The molecule has 7 nitrogen and oxygen atoms in total. The highest BCUT2D eigenvalue weighted by Gasteiger charge is 2.22. The first-order valence-electron chi connectivity index (χ1n) is 8.28. The van der Waals surface area contributed by atoms with Crippen LogP contribution in [0.25, 0.3) is 0 Å². The third-order valence-corrected chi connectivity index (χ3v) is 5.44. The van der Waals surface area contributed by atoms with Gasteiger partial charge in [0.1, 0.15) is 0 Å². The third-order valence-electron chi connectivity index (χ3n) is 3.92. The van der Waals surface area contributed by atoms with E-state index in [0.717, 1.165) is 5.56 Å². The second-order valence-electron chi connectivity index (χ2n) is 5.96. The topological polar surface area (TPSA) is 110 Å². The van der Waals surface area contributed by atoms with Gasteiger partial charge in [0.15, 0.2) is 0 Å². The van der Waals surface area contributed by atoms with Crippen molar-refractivity contribution in [1.29, 1.82) is 0 Å². The van der Waals surface area contributed by atoms with Gasteiger partial charge in [-0.15, -0.1) is 0 Å². The van der Waals surface area contributed by atoms with E-state index in [0.29, 0.717) is 6.42 Å². The van der Waals surface area contributed by atoms with E-state index in [9.17, 15) is 18.0 Å². The number of nitrogens with one attached hydrogen (secondary N) is 1. The van der Waals surface area contributed by atoms with Crippen LogP contribution in [0.15, 0.2) is 59.5 Å². The summed E-state index contributed by atoms with van der Waals surface area (Å²) in [6.07, 6.45) is 0.326. The van der Waals surface area contributed by atoms with Gasteiger partial charge < -0.3 is 9.84 Å². The Bertz CT molecular complexity index is 895. The number of aliphatic carboxylic acids is 1. The summed E-state index contributed by atoms with van der Waals surface area (Å²) in [5.41, 5.74) is 1.00. The summed E-state index contributed by atoms with van der Waals surface area (Å²) < 4.78 is 32.6. The monoisotopic (exact) mass is 391 g/mol. The Morgan fingerprint density at radius 1 is 1.11 bits per heavy atom. The molecule has 1 atom stereocenters. The maximum atomic E-state index is 12.7. The predicted molar refractivity (Wildman–Crippen MR) is 98.9 cm³/mol. The molecule has 1 unspecified atom stereocenters. The minimum Gasteiger partial charge on any atom is -0.481 e. The molecule has 0 saturated carbocycles. The van der Waals surface area contributed by atoms with Crippen LogP contribution in [-0.2, 0) is 26.0 Å². The Kier molecular flexibility index (Phi) is 7.09. The molecule has 0 heterocycles. The molecule has 144 valence electrons. The zero-order chi connectivity index (χ0) is 19.9. The van der Waals surface area contributed by atoms with Gasteiger partial charge in [0, 0.05) is 12.5 Å². The van der Waals surface area contributed by atoms with Gasteiger partial charge in [-0.25, -0.2) is 17.9 Å². The zero-order valence-electron chi connectivity index (χ0n) is 14.8. The fourth-order valence-electron chi connectivity index (χ4n) is 2.59. The first kappa shape index (κ1) is 20.6. The minimum atomic E-state index is -3.94. The Hall–Kier alpha value is -2.71. The van der Waals surface area contributed by atoms with Gasteiger partial charge in [0.25, 0.3) is 0 Å². The van der Waals surface area contributed by atoms with Crippen LogP contribution in [0.4, 0.5) is 0 Å². The summed E-state index contributed by atoms with van der Waals surface area (Å²) in [4.78, 5) is 22.5. The second kappa shape index (κ2) is 9.29. The molecule has 2 aromatic rings. The highest BCUT2D eigenvalue weighted by Crippen LogP contribution is 2.16. The number of hydrogen-bond acceptors (Lipinski definition) is 5. The van der Waals surface area contributed by atoms with Gasteiger partial charge in [-0.1, -0.05) is 36.4 Å². The Morgan fingerprint density at radius 3 is 2.44 bits per heavy atom. The van der Waals surface area contributed by atoms with Crippen molar-refractivity contribution in [2.75, 3.05) is 7.11 Å². The average Bonchev–Trinajstić information content (AvgIpc) is 2.66. The summed E-state index contributed by atoms with van der Waals surface area (Å²) in [5, 5.41) is 8.94. The number of carbonyl (C=O) groups is 2. The van der Waals surface area contributed by atoms with Crippen LogP contribution < -0.4 is 4.72 Å². The second-order valence-corrected chi connectivity index (χ2v) is 7.67. The van der Waals surface area contributed by atoms with Gasteiger partial charge in [0.2, 0.25) is 10.0 Å². The number of methoxy groups -OCH3 is 1. The first-order chi connectivity index (χ1) is 12.8. The zero-order valence-corrected chi connectivity index (χ0v) is 15.6. The van der Waals surface area contributed by atoms with E-state index >= 15 is 0 Å². The summed E-state index contributed by atoms with van der Waals surface area (Å²) in [6, 6.07) is 14.1. The minimum absolute atomic E-state index is 0.0845. The SMILES string of the molecule is COC(=O)c1cccc(S(=O)(=O)NC(CCC(=O)O)Cc2ccccc2)c1. The van der Waals surface area contributed by atoms with Crippen LogP contribution in [-0.4, -0.2) is 38.6 Å². The van der Waals surface area contributed by atoms with Gasteiger partial charge in [-0.05, 0) is 36.6 Å². The van der Waals surface area contributed by atoms with Crippen LogP contribution in [0.2, 0.25) is 0 Å². The quantitative estimate of drug-likeness (QED) is 0.635. The van der Waals surface area contributed by atoms with Crippen LogP contribution in [0.3, 0.4) is 0 Å². The van der Waals surface area contributed by atoms with Crippen molar-refractivity contribution in [3.05, 3.63) is 65.7 Å². The molecule has 27 heavy (non-hydrogen) atoms. The molecule has 0 aliphatic heterocycles. The molecule has 0 aliphatic carbocycles. The number of carboxylic acids is 1. The highest BCUT2D eigenvalue weighted by atomic mass is 32.2. The fraction of sp³-hybridized carbons (Fsp3) is 0.263. The van der Waals surface area contributed by atoms with Crippen molar-refractivity contribution in [2.45, 2.75) is 30.2 Å². The lowest BCUT2D eigenvalue weighted by molar-refractivity contribution is -0.137. The fourth-order valence-corrected chi connectivity index (χ4v) is 3.91. The van der Waals surface area contributed by atoms with Gasteiger partial charge in [0.05, 0.1) is 17.6 Å². The molecule has 2 aromatic carbocycles. The highest BCUT2D eigenvalue weighted by molar-refractivity contribution is 7.89. The third kappa shape index (κ3) is 6.19. The lowest BCUT2D eigenvalue weighted by atomic mass is 10.0. The predicted octanol–water partition coefficient (Wildman–Crippen LogP) is 2.23. The number of esters is 1. The van der Waals surface area contributed by atoms with Crippen molar-refractivity contribution >= 4 is 22.0 Å². The molecule has 2 rings (SSSR count). The number of carbonyl (C=O) groups excluding carboxylic acids is 1. The Morgan fingerprint density at radius 2 is 1.81 bits per heavy atom. The summed E-state index contributed by atoms with van der Waals surface area (Å²) >= 11 is 0. The van der Waals surface area contributed by atoms with E-state index in [2.05, 4.69) is 9.46 Å². The van der Waals surface area contributed by atoms with E-state index < -0.39 is 28.0 Å². The van der Waals surface area contributed by atoms with E-state index in [-0.39, 0.29) is 23.3 Å². The van der Waals surface area contributed by atoms with Crippen LogP contribution >= 0.6 is 0 Å². The van der Waals surface area contributed by atoms with Crippen molar-refractivity contribution < 1.29 is 27.9 Å². The molecule has 0 bridgehead atoms. The molecule has 2 N–H and O–H groups in total. The molecule has 0 aliphatic rings. The summed E-state index contributed by atoms with van der Waals surface area (Å²) in [6.45, 7) is 0. The summed E-state index contributed by atoms with van der Waals surface area (Å²) in [7, 11) is -2.73. The molecule has 0 fully saturated rings. The number of sulfonamides is 1. The van der Waals surface area contributed by atoms with E-state index in [1.165, 1.54) is 31.4 Å². The van der Waals surface area contributed by atoms with Crippen LogP contribution in [0.1, 0.15) is 28.8 Å². The van der Waals surface area contributed by atoms with Gasteiger partial charge in [-0.2, -0.15) is 0 Å². The number of carboxylic acid groups (broad SMARTS) is 1. The largest absolute Gasteiger partial charge is 0.481 e. The smallest absolute Gasteiger partial charge is 0.337 e. The number of benzene rings is 2. The maximum absolute atomic E-state index is 12.7. The lowest BCUT2D eigenvalue weighted by Gasteiger charge is -2.18. The lowest BCUT2D eigenvalue weighted by Crippen LogP contribution is -2.37. The molecule has 0 spiro atoms. The Balaban J connectivity index is 2.23. The van der Waals surface area contributed by atoms with Crippen LogP contribution in [0.5, 0.6) is 0 Å². The standard InChI is InChI=1S/C19H21NO6S/c1-26-19(23)15-8-5-9-17(13-15)27(24,25)20-16(10-11-18(21)22)12-14-6-3-2-4-7-14/h2-9,13,16,20H,10-12H2,1H3,(H,21,22). The molecular formula is C19H21NO6S. The molecule has 0 aromatic heterocycles. The Labute approximate surface area is 158 Å². The van der Waals surface area contributed by atoms with Crippen LogP contribution in [0, 0.1) is 0 Å². The van der Waals surface area contributed by atoms with E-state index in [4.69, 9.17) is 5.11 Å². The molecular weight excluding hydrogens is 370 g/mol. The number of hydrogen-bond donors (Lipinski definition) is 2. The van der Waals surface area contributed by atoms with Crippen molar-refractivity contribution in [1.82, 2.24) is 4.72 Å². The van der Waals surface area contributed by atoms with E-state index in [1.54, 1.807) is 0 Å². The average molecular weight is 391 g/mol.